The lowest BCUT2D eigenvalue weighted by Crippen LogP contribution is -2.41. The van der Waals surface area contributed by atoms with Crippen LogP contribution in [-0.2, 0) is 6.42 Å². The van der Waals surface area contributed by atoms with Crippen LogP contribution in [0.4, 0.5) is 8.78 Å². The van der Waals surface area contributed by atoms with Crippen molar-refractivity contribution in [3.8, 4) is 0 Å². The number of amides is 1. The predicted molar refractivity (Wildman–Crippen MR) is 115 cm³/mol. The summed E-state index contributed by atoms with van der Waals surface area (Å²) in [6.45, 7) is 2.39. The van der Waals surface area contributed by atoms with Gasteiger partial charge in [0, 0.05) is 36.6 Å². The fourth-order valence-electron chi connectivity index (χ4n) is 4.58. The molecule has 0 aliphatic carbocycles. The third kappa shape index (κ3) is 3.01. The lowest BCUT2D eigenvalue weighted by molar-refractivity contribution is 0.0689. The average molecular weight is 447 g/mol. The first kappa shape index (κ1) is 19.6. The summed E-state index contributed by atoms with van der Waals surface area (Å²) in [7, 11) is 0. The zero-order valence-corrected chi connectivity index (χ0v) is 17.6. The molecule has 0 spiro atoms. The number of aromatic amines is 1. The van der Waals surface area contributed by atoms with Crippen molar-refractivity contribution in [1.29, 1.82) is 0 Å². The fourth-order valence-corrected chi connectivity index (χ4v) is 4.58. The summed E-state index contributed by atoms with van der Waals surface area (Å²) in [5, 5.41) is 8.90. The number of hydrogen-bond donors (Lipinski definition) is 1. The molecule has 1 aliphatic rings. The molecule has 6 rings (SSSR count). The van der Waals surface area contributed by atoms with Crippen LogP contribution < -0.4 is 0 Å². The molecular formula is C23H19F2N7O. The number of nitrogens with zero attached hydrogens (tertiary/aromatic N) is 6. The summed E-state index contributed by atoms with van der Waals surface area (Å²) in [4.78, 5) is 23.0. The Labute approximate surface area is 186 Å². The van der Waals surface area contributed by atoms with Gasteiger partial charge in [-0.15, -0.1) is 0 Å². The summed E-state index contributed by atoms with van der Waals surface area (Å²) in [5.74, 6) is -0.210. The van der Waals surface area contributed by atoms with E-state index in [4.69, 9.17) is 0 Å². The summed E-state index contributed by atoms with van der Waals surface area (Å²) < 4.78 is 30.3. The molecule has 10 heteroatoms. The Kier molecular flexibility index (Phi) is 4.29. The molecule has 0 fully saturated rings. The maximum atomic E-state index is 13.7. The van der Waals surface area contributed by atoms with Crippen molar-refractivity contribution in [2.75, 3.05) is 6.54 Å². The van der Waals surface area contributed by atoms with Crippen molar-refractivity contribution in [2.24, 2.45) is 0 Å². The zero-order chi connectivity index (χ0) is 22.7. The van der Waals surface area contributed by atoms with E-state index in [1.807, 2.05) is 25.3 Å². The van der Waals surface area contributed by atoms with Gasteiger partial charge in [0.1, 0.15) is 6.04 Å². The molecule has 1 amide bonds. The van der Waals surface area contributed by atoms with Crippen LogP contribution in [0.2, 0.25) is 0 Å². The highest BCUT2D eigenvalue weighted by atomic mass is 19.3. The molecule has 0 aromatic carbocycles. The molecule has 0 saturated heterocycles. The lowest BCUT2D eigenvalue weighted by Gasteiger charge is -2.33. The fraction of sp³-hybridized carbons (Fsp3) is 0.217. The number of H-pyrrole nitrogens is 1. The van der Waals surface area contributed by atoms with E-state index in [1.54, 1.807) is 34.2 Å². The number of hydrogen-bond acceptors (Lipinski definition) is 4. The second-order valence-electron chi connectivity index (χ2n) is 8.18. The van der Waals surface area contributed by atoms with E-state index in [9.17, 15) is 13.6 Å². The maximum Gasteiger partial charge on any atom is 0.265 e. The van der Waals surface area contributed by atoms with Crippen LogP contribution in [0.25, 0.3) is 11.0 Å². The van der Waals surface area contributed by atoms with E-state index in [0.717, 1.165) is 11.3 Å². The van der Waals surface area contributed by atoms with Crippen LogP contribution in [0.15, 0.2) is 55.2 Å². The van der Waals surface area contributed by atoms with E-state index in [1.165, 1.54) is 16.6 Å². The lowest BCUT2D eigenvalue weighted by atomic mass is 9.98. The van der Waals surface area contributed by atoms with Crippen molar-refractivity contribution >= 4 is 16.9 Å². The van der Waals surface area contributed by atoms with Crippen LogP contribution >= 0.6 is 0 Å². The maximum absolute atomic E-state index is 13.7. The minimum Gasteiger partial charge on any atom is -0.348 e. The Morgan fingerprint density at radius 2 is 2.09 bits per heavy atom. The van der Waals surface area contributed by atoms with E-state index in [2.05, 4.69) is 20.2 Å². The van der Waals surface area contributed by atoms with E-state index in [0.29, 0.717) is 41.0 Å². The molecule has 5 aromatic heterocycles. The monoisotopic (exact) mass is 447 g/mol. The van der Waals surface area contributed by atoms with Gasteiger partial charge in [0.25, 0.3) is 12.3 Å². The van der Waals surface area contributed by atoms with Crippen molar-refractivity contribution in [3.63, 3.8) is 0 Å². The number of aryl methyl sites for hydroxylation is 1. The normalized spacial score (nSPS) is 16.1. The third-order valence-corrected chi connectivity index (χ3v) is 6.15. The number of carbonyl (C=O) groups is 1. The number of nitrogens with one attached hydrogen (secondary N) is 1. The van der Waals surface area contributed by atoms with Crippen molar-refractivity contribution in [1.82, 2.24) is 34.1 Å². The highest BCUT2D eigenvalue weighted by Crippen LogP contribution is 2.36. The predicted octanol–water partition coefficient (Wildman–Crippen LogP) is 3.74. The Morgan fingerprint density at radius 3 is 2.94 bits per heavy atom. The molecule has 1 unspecified atom stereocenters. The van der Waals surface area contributed by atoms with Gasteiger partial charge in [0.15, 0.2) is 0 Å². The van der Waals surface area contributed by atoms with Gasteiger partial charge >= 0.3 is 0 Å². The number of aromatic nitrogens is 6. The highest BCUT2D eigenvalue weighted by Gasteiger charge is 2.37. The quantitative estimate of drug-likeness (QED) is 0.457. The molecule has 33 heavy (non-hydrogen) atoms. The van der Waals surface area contributed by atoms with Crippen LogP contribution in [0.1, 0.15) is 51.0 Å². The van der Waals surface area contributed by atoms with E-state index in [-0.39, 0.29) is 11.5 Å². The smallest absolute Gasteiger partial charge is 0.265 e. The van der Waals surface area contributed by atoms with Crippen molar-refractivity contribution < 1.29 is 13.6 Å². The molecule has 0 bridgehead atoms. The average Bonchev–Trinajstić information content (AvgIpc) is 3.54. The number of pyridine rings is 2. The molecule has 1 N–H and O–H groups in total. The molecule has 1 aliphatic heterocycles. The molecule has 0 saturated carbocycles. The summed E-state index contributed by atoms with van der Waals surface area (Å²) in [5.41, 5.74) is 4.46. The molecule has 6 heterocycles. The second kappa shape index (κ2) is 7.22. The second-order valence-corrected chi connectivity index (χ2v) is 8.18. The Balaban J connectivity index is 1.49. The molecule has 5 aromatic rings. The molecule has 166 valence electrons. The first-order chi connectivity index (χ1) is 16.0. The van der Waals surface area contributed by atoms with Crippen LogP contribution in [-0.4, -0.2) is 46.5 Å². The number of fused-ring (bicyclic) bond motifs is 3. The van der Waals surface area contributed by atoms with Gasteiger partial charge in [-0.3, -0.25) is 4.79 Å². The minimum atomic E-state index is -2.63. The van der Waals surface area contributed by atoms with Gasteiger partial charge in [-0.25, -0.2) is 22.8 Å². The van der Waals surface area contributed by atoms with Crippen LogP contribution in [0.3, 0.4) is 0 Å². The van der Waals surface area contributed by atoms with Gasteiger partial charge in [-0.2, -0.15) is 10.2 Å². The number of imidazole rings is 1. The SMILES string of the molecule is Cc1ccc2c(C(=O)N3CCc4[nH]cnc4C3c3cc4c(C(F)F)cccn4n3)cnn2c1. The minimum absolute atomic E-state index is 0.106. The first-order valence-corrected chi connectivity index (χ1v) is 10.5. The van der Waals surface area contributed by atoms with Crippen LogP contribution in [0.5, 0.6) is 0 Å². The number of halogens is 2. The van der Waals surface area contributed by atoms with Crippen LogP contribution in [0, 0.1) is 6.92 Å². The van der Waals surface area contributed by atoms with E-state index >= 15 is 0 Å². The molecule has 0 radical (unpaired) electrons. The van der Waals surface area contributed by atoms with Gasteiger partial charge < -0.3 is 9.88 Å². The van der Waals surface area contributed by atoms with Crippen molar-refractivity contribution in [2.45, 2.75) is 25.8 Å². The summed E-state index contributed by atoms with van der Waals surface area (Å²) in [6, 6.07) is 7.73. The standard InChI is InChI=1S/C23H19F2N7O/c1-13-4-5-18-15(10-28-32(18)11-13)23(33)30-8-6-16-20(27-12-26-16)21(30)17-9-19-14(22(24)25)3-2-7-31(19)29-17/h2-5,7,9-12,21-22H,6,8H2,1H3,(H,26,27). The topological polar surface area (TPSA) is 83.6 Å². The van der Waals surface area contributed by atoms with E-state index < -0.39 is 12.5 Å². The number of carbonyl (C=O) groups excluding carboxylic acids is 1. The Morgan fingerprint density at radius 1 is 1.21 bits per heavy atom. The summed E-state index contributed by atoms with van der Waals surface area (Å²) >= 11 is 0. The zero-order valence-electron chi connectivity index (χ0n) is 17.6. The van der Waals surface area contributed by atoms with Gasteiger partial charge in [-0.05, 0) is 36.8 Å². The summed E-state index contributed by atoms with van der Waals surface area (Å²) in [6.07, 6.45) is 4.60. The number of rotatable bonds is 3. The number of alkyl halides is 2. The van der Waals surface area contributed by atoms with Gasteiger partial charge in [-0.1, -0.05) is 6.07 Å². The van der Waals surface area contributed by atoms with Gasteiger partial charge in [0.2, 0.25) is 0 Å². The highest BCUT2D eigenvalue weighted by molar-refractivity contribution is 6.01. The Bertz CT molecular complexity index is 1520. The third-order valence-electron chi connectivity index (χ3n) is 6.15. The molecule has 1 atom stereocenters. The van der Waals surface area contributed by atoms with Gasteiger partial charge in [0.05, 0.1) is 40.5 Å². The Hall–Kier alpha value is -4.08. The molecular weight excluding hydrogens is 428 g/mol. The molecule has 8 nitrogen and oxygen atoms in total. The first-order valence-electron chi connectivity index (χ1n) is 10.5. The van der Waals surface area contributed by atoms with Crippen molar-refractivity contribution in [3.05, 3.63) is 89.0 Å². The largest absolute Gasteiger partial charge is 0.348 e.